The van der Waals surface area contributed by atoms with Crippen LogP contribution in [0, 0.1) is 5.92 Å². The van der Waals surface area contributed by atoms with Crippen LogP contribution in [0.1, 0.15) is 48.6 Å². The summed E-state index contributed by atoms with van der Waals surface area (Å²) in [7, 11) is 0. The molecule has 0 spiro atoms. The average Bonchev–Trinajstić information content (AvgIpc) is 2.87. The number of aromatic nitrogens is 2. The fraction of sp³-hybridized carbons (Fsp3) is 0.692. The zero-order valence-corrected chi connectivity index (χ0v) is 10.3. The quantitative estimate of drug-likeness (QED) is 0.873. The summed E-state index contributed by atoms with van der Waals surface area (Å²) in [5.41, 5.74) is 0.297. The van der Waals surface area contributed by atoms with Crippen molar-refractivity contribution in [3.63, 3.8) is 0 Å². The maximum Gasteiger partial charge on any atom is 0.354 e. The van der Waals surface area contributed by atoms with Gasteiger partial charge in [0.1, 0.15) is 5.69 Å². The maximum atomic E-state index is 11.2. The second-order valence-electron chi connectivity index (χ2n) is 5.20. The number of aromatic carboxylic acids is 1. The Morgan fingerprint density at radius 3 is 3.06 bits per heavy atom. The summed E-state index contributed by atoms with van der Waals surface area (Å²) in [5, 5.41) is 9.19. The maximum absolute atomic E-state index is 11.2. The van der Waals surface area contributed by atoms with Gasteiger partial charge in [-0.15, -0.1) is 0 Å². The van der Waals surface area contributed by atoms with E-state index >= 15 is 0 Å². The summed E-state index contributed by atoms with van der Waals surface area (Å²) in [6.45, 7) is 0.725. The summed E-state index contributed by atoms with van der Waals surface area (Å²) < 4.78 is 7.67. The first kappa shape index (κ1) is 11.7. The van der Waals surface area contributed by atoms with Gasteiger partial charge in [-0.25, -0.2) is 9.78 Å². The van der Waals surface area contributed by atoms with Gasteiger partial charge in [0.15, 0.2) is 0 Å². The highest BCUT2D eigenvalue weighted by Gasteiger charge is 2.37. The lowest BCUT2D eigenvalue weighted by atomic mass is 9.78. The van der Waals surface area contributed by atoms with Gasteiger partial charge < -0.3 is 14.4 Å². The van der Waals surface area contributed by atoms with Gasteiger partial charge in [0, 0.05) is 18.6 Å². The van der Waals surface area contributed by atoms with Crippen molar-refractivity contribution in [1.29, 1.82) is 0 Å². The highest BCUT2D eigenvalue weighted by Crippen LogP contribution is 2.40. The molecule has 0 aromatic carbocycles. The van der Waals surface area contributed by atoms with E-state index in [-0.39, 0.29) is 6.04 Å². The zero-order chi connectivity index (χ0) is 12.5. The van der Waals surface area contributed by atoms with Crippen molar-refractivity contribution in [3.8, 4) is 0 Å². The number of nitrogens with zero attached hydrogens (tertiary/aromatic N) is 2. The van der Waals surface area contributed by atoms with Crippen LogP contribution in [0.25, 0.3) is 0 Å². The summed E-state index contributed by atoms with van der Waals surface area (Å²) in [6, 6.07) is 0.234. The molecule has 18 heavy (non-hydrogen) atoms. The minimum atomic E-state index is -0.897. The molecule has 3 atom stereocenters. The number of carboxylic acid groups (broad SMARTS) is 1. The summed E-state index contributed by atoms with van der Waals surface area (Å²) in [6.07, 6.45) is 8.98. The molecule has 98 valence electrons. The van der Waals surface area contributed by atoms with E-state index in [0.29, 0.717) is 17.7 Å². The Balaban J connectivity index is 1.89. The fourth-order valence-corrected chi connectivity index (χ4v) is 3.41. The van der Waals surface area contributed by atoms with E-state index in [1.807, 2.05) is 4.57 Å². The Morgan fingerprint density at radius 1 is 1.39 bits per heavy atom. The van der Waals surface area contributed by atoms with Crippen molar-refractivity contribution in [2.75, 3.05) is 6.61 Å². The number of carboxylic acids is 1. The predicted molar refractivity (Wildman–Crippen MR) is 64.5 cm³/mol. The van der Waals surface area contributed by atoms with Crippen LogP contribution in [0.5, 0.6) is 0 Å². The summed E-state index contributed by atoms with van der Waals surface area (Å²) in [5.74, 6) is -0.453. The van der Waals surface area contributed by atoms with Gasteiger partial charge in [-0.05, 0) is 19.3 Å². The van der Waals surface area contributed by atoms with Crippen molar-refractivity contribution < 1.29 is 14.6 Å². The molecular formula is C13H18N2O3. The number of ether oxygens (including phenoxy) is 1. The molecule has 1 aromatic heterocycles. The second kappa shape index (κ2) is 4.72. The molecule has 2 heterocycles. The van der Waals surface area contributed by atoms with Crippen LogP contribution >= 0.6 is 0 Å². The lowest BCUT2D eigenvalue weighted by Gasteiger charge is -2.41. The molecule has 2 fully saturated rings. The number of hydrogen-bond acceptors (Lipinski definition) is 3. The van der Waals surface area contributed by atoms with Gasteiger partial charge >= 0.3 is 5.97 Å². The fourth-order valence-electron chi connectivity index (χ4n) is 3.41. The van der Waals surface area contributed by atoms with E-state index in [0.717, 1.165) is 25.9 Å². The molecule has 1 aromatic rings. The van der Waals surface area contributed by atoms with Crippen LogP contribution in [0.2, 0.25) is 0 Å². The number of fused-ring (bicyclic) bond motifs is 1. The molecule has 1 aliphatic heterocycles. The van der Waals surface area contributed by atoms with Gasteiger partial charge in [0.2, 0.25) is 0 Å². The minimum absolute atomic E-state index is 0.234. The Morgan fingerprint density at radius 2 is 2.22 bits per heavy atom. The van der Waals surface area contributed by atoms with Gasteiger partial charge in [0.05, 0.1) is 18.6 Å². The van der Waals surface area contributed by atoms with Gasteiger partial charge in [0.25, 0.3) is 0 Å². The van der Waals surface area contributed by atoms with Crippen LogP contribution < -0.4 is 0 Å². The van der Waals surface area contributed by atoms with E-state index in [1.165, 1.54) is 19.0 Å². The van der Waals surface area contributed by atoms with E-state index in [4.69, 9.17) is 4.74 Å². The first-order valence-electron chi connectivity index (χ1n) is 6.64. The number of imidazole rings is 1. The molecule has 5 heteroatoms. The molecule has 1 saturated carbocycles. The Labute approximate surface area is 106 Å². The van der Waals surface area contributed by atoms with Gasteiger partial charge in [-0.2, -0.15) is 0 Å². The highest BCUT2D eigenvalue weighted by molar-refractivity contribution is 5.85. The molecule has 0 bridgehead atoms. The van der Waals surface area contributed by atoms with Crippen LogP contribution in [0.4, 0.5) is 0 Å². The van der Waals surface area contributed by atoms with Crippen LogP contribution in [-0.4, -0.2) is 33.3 Å². The molecule has 0 unspecified atom stereocenters. The van der Waals surface area contributed by atoms with Crippen LogP contribution in [0.3, 0.4) is 0 Å². The van der Waals surface area contributed by atoms with E-state index < -0.39 is 5.97 Å². The number of carbonyl (C=O) groups is 1. The molecule has 3 rings (SSSR count). The van der Waals surface area contributed by atoms with Crippen molar-refractivity contribution in [3.05, 3.63) is 18.2 Å². The molecule has 0 amide bonds. The third-order valence-electron chi connectivity index (χ3n) is 4.24. The predicted octanol–water partition coefficient (Wildman–Crippen LogP) is 2.10. The van der Waals surface area contributed by atoms with Crippen molar-refractivity contribution in [2.45, 2.75) is 44.2 Å². The molecule has 2 aliphatic rings. The summed E-state index contributed by atoms with van der Waals surface area (Å²) >= 11 is 0. The number of hydrogen-bond donors (Lipinski definition) is 1. The Hall–Kier alpha value is -1.36. The molecule has 5 nitrogen and oxygen atoms in total. The molecule has 0 radical (unpaired) electrons. The Bertz CT molecular complexity index is 441. The highest BCUT2D eigenvalue weighted by atomic mass is 16.5. The van der Waals surface area contributed by atoms with Crippen molar-refractivity contribution in [1.82, 2.24) is 9.55 Å². The lowest BCUT2D eigenvalue weighted by Crippen LogP contribution is -2.40. The largest absolute Gasteiger partial charge is 0.477 e. The minimum Gasteiger partial charge on any atom is -0.477 e. The van der Waals surface area contributed by atoms with E-state index in [1.54, 1.807) is 6.33 Å². The Kier molecular flexibility index (Phi) is 3.07. The molecular weight excluding hydrogens is 232 g/mol. The third kappa shape index (κ3) is 1.92. The van der Waals surface area contributed by atoms with Crippen molar-refractivity contribution >= 4 is 5.97 Å². The number of rotatable bonds is 2. The van der Waals surface area contributed by atoms with Crippen molar-refractivity contribution in [2.24, 2.45) is 5.92 Å². The third-order valence-corrected chi connectivity index (χ3v) is 4.24. The molecule has 1 aliphatic carbocycles. The van der Waals surface area contributed by atoms with Gasteiger partial charge in [-0.1, -0.05) is 12.8 Å². The van der Waals surface area contributed by atoms with E-state index in [2.05, 4.69) is 4.98 Å². The first-order chi connectivity index (χ1) is 8.77. The molecule has 1 N–H and O–H groups in total. The normalized spacial score (nSPS) is 31.9. The van der Waals surface area contributed by atoms with E-state index in [9.17, 15) is 9.90 Å². The van der Waals surface area contributed by atoms with Crippen LogP contribution in [-0.2, 0) is 4.74 Å². The first-order valence-corrected chi connectivity index (χ1v) is 6.64. The van der Waals surface area contributed by atoms with Gasteiger partial charge in [-0.3, -0.25) is 0 Å². The smallest absolute Gasteiger partial charge is 0.354 e. The standard InChI is InChI=1S/C13H18N2O3/c16-13(17)11-7-14-8-15(11)10-5-6-18-12-4-2-1-3-9(10)12/h7-10,12H,1-6H2,(H,16,17)/t9-,10+,12+/m0/s1. The lowest BCUT2D eigenvalue weighted by molar-refractivity contribution is -0.0724. The zero-order valence-electron chi connectivity index (χ0n) is 10.3. The van der Waals surface area contributed by atoms with Crippen LogP contribution in [0.15, 0.2) is 12.5 Å². The topological polar surface area (TPSA) is 64.3 Å². The second-order valence-corrected chi connectivity index (χ2v) is 5.20. The average molecular weight is 250 g/mol. The molecule has 1 saturated heterocycles. The summed E-state index contributed by atoms with van der Waals surface area (Å²) in [4.78, 5) is 15.2. The monoisotopic (exact) mass is 250 g/mol. The SMILES string of the molecule is O=C(O)c1cncn1[C@@H]1CCO[C@@H]2CCCC[C@@H]12.